The first kappa shape index (κ1) is 31.3. The van der Waals surface area contributed by atoms with Crippen molar-refractivity contribution in [3.63, 3.8) is 0 Å². The summed E-state index contributed by atoms with van der Waals surface area (Å²) in [5.74, 6) is -1.02. The number of carbonyl (C=O) groups excluding carboxylic acids is 4. The van der Waals surface area contributed by atoms with E-state index in [0.29, 0.717) is 21.5 Å². The van der Waals surface area contributed by atoms with Crippen molar-refractivity contribution >= 4 is 137 Å². The lowest BCUT2D eigenvalue weighted by molar-refractivity contribution is -0.124. The van der Waals surface area contributed by atoms with Crippen molar-refractivity contribution in [2.24, 2.45) is 0 Å². The molecular weight excluding hydrogens is 814 g/mol. The molecule has 0 aromatic heterocycles. The summed E-state index contributed by atoms with van der Waals surface area (Å²) in [5, 5.41) is 5.70. The molecule has 2 aromatic rings. The molecule has 0 atom stereocenters. The molecule has 0 aliphatic carbocycles. The van der Waals surface area contributed by atoms with Crippen molar-refractivity contribution in [3.05, 3.63) is 65.5 Å². The van der Waals surface area contributed by atoms with Crippen molar-refractivity contribution in [2.45, 2.75) is 25.7 Å². The Balaban J connectivity index is 1.28. The van der Waals surface area contributed by atoms with Crippen molar-refractivity contribution in [1.82, 2.24) is 9.80 Å². The zero-order valence-corrected chi connectivity index (χ0v) is 28.4. The SMILES string of the molecule is O=C(CCCN1C(=O)C(=C2SC(=S)N(CCCC(=O)Nc3cccc(I)c3)C2=O)SC1=S)Nc1cccc(I)c1. The van der Waals surface area contributed by atoms with Gasteiger partial charge in [-0.05, 0) is 94.4 Å². The van der Waals surface area contributed by atoms with Crippen LogP contribution in [0.3, 0.4) is 0 Å². The van der Waals surface area contributed by atoms with Gasteiger partial charge in [0.2, 0.25) is 11.8 Å². The van der Waals surface area contributed by atoms with Crippen LogP contribution in [0.5, 0.6) is 0 Å². The largest absolute Gasteiger partial charge is 0.326 e. The van der Waals surface area contributed by atoms with Crippen LogP contribution in [0.4, 0.5) is 11.4 Å². The molecule has 2 aromatic carbocycles. The first-order chi connectivity index (χ1) is 19.1. The molecule has 14 heteroatoms. The molecule has 0 radical (unpaired) electrons. The molecule has 2 aliphatic heterocycles. The third kappa shape index (κ3) is 8.24. The lowest BCUT2D eigenvalue weighted by Crippen LogP contribution is -2.31. The van der Waals surface area contributed by atoms with E-state index in [2.05, 4.69) is 55.8 Å². The molecule has 2 N–H and O–H groups in total. The lowest BCUT2D eigenvalue weighted by atomic mass is 10.2. The van der Waals surface area contributed by atoms with Gasteiger partial charge in [-0.1, -0.05) is 60.1 Å². The average molecular weight is 837 g/mol. The summed E-state index contributed by atoms with van der Waals surface area (Å²) in [6, 6.07) is 15.0. The fourth-order valence-electron chi connectivity index (χ4n) is 3.83. The number of hydrogen-bond acceptors (Lipinski definition) is 8. The Hall–Kier alpha value is -1.60. The van der Waals surface area contributed by atoms with Crippen molar-refractivity contribution < 1.29 is 19.2 Å². The van der Waals surface area contributed by atoms with Crippen LogP contribution in [0.25, 0.3) is 0 Å². The summed E-state index contributed by atoms with van der Waals surface area (Å²) in [7, 11) is 0. The zero-order valence-electron chi connectivity index (χ0n) is 20.8. The number of carbonyl (C=O) groups is 4. The number of nitrogens with zero attached hydrogens (tertiary/aromatic N) is 2. The van der Waals surface area contributed by atoms with Gasteiger partial charge < -0.3 is 10.6 Å². The van der Waals surface area contributed by atoms with Crippen LogP contribution in [-0.4, -0.2) is 55.2 Å². The van der Waals surface area contributed by atoms with E-state index >= 15 is 0 Å². The number of nitrogens with one attached hydrogen (secondary N) is 2. The van der Waals surface area contributed by atoms with Crippen LogP contribution in [0, 0.1) is 7.14 Å². The average Bonchev–Trinajstić information content (AvgIpc) is 3.33. The smallest absolute Gasteiger partial charge is 0.267 e. The van der Waals surface area contributed by atoms with E-state index in [1.54, 1.807) is 0 Å². The Morgan fingerprint density at radius 1 is 0.725 bits per heavy atom. The fourth-order valence-corrected chi connectivity index (χ4v) is 7.69. The van der Waals surface area contributed by atoms with Crippen molar-refractivity contribution in [1.29, 1.82) is 0 Å². The van der Waals surface area contributed by atoms with Gasteiger partial charge in [0, 0.05) is 44.4 Å². The molecule has 208 valence electrons. The minimum atomic E-state index is -0.356. The molecule has 4 rings (SSSR count). The van der Waals surface area contributed by atoms with E-state index in [-0.39, 0.29) is 59.4 Å². The van der Waals surface area contributed by atoms with Gasteiger partial charge in [-0.25, -0.2) is 0 Å². The summed E-state index contributed by atoms with van der Waals surface area (Å²) in [5.41, 5.74) is 1.44. The Morgan fingerprint density at radius 2 is 1.12 bits per heavy atom. The highest BCUT2D eigenvalue weighted by Gasteiger charge is 2.41. The number of thiocarbonyl (C=S) groups is 2. The van der Waals surface area contributed by atoms with E-state index in [1.807, 2.05) is 48.5 Å². The number of thioether (sulfide) groups is 2. The highest BCUT2D eigenvalue weighted by atomic mass is 127. The second kappa shape index (κ2) is 14.5. The molecule has 2 heterocycles. The maximum Gasteiger partial charge on any atom is 0.267 e. The Kier molecular flexibility index (Phi) is 11.4. The van der Waals surface area contributed by atoms with Crippen LogP contribution in [0.2, 0.25) is 0 Å². The van der Waals surface area contributed by atoms with Gasteiger partial charge in [-0.2, -0.15) is 0 Å². The van der Waals surface area contributed by atoms with E-state index in [4.69, 9.17) is 24.4 Å². The number of hydrogen-bond donors (Lipinski definition) is 2. The van der Waals surface area contributed by atoms with Crippen LogP contribution < -0.4 is 10.6 Å². The fraction of sp³-hybridized carbons (Fsp3) is 0.231. The second-order valence-electron chi connectivity index (χ2n) is 8.63. The van der Waals surface area contributed by atoms with Gasteiger partial charge in [-0.15, -0.1) is 0 Å². The summed E-state index contributed by atoms with van der Waals surface area (Å²) < 4.78 is 2.72. The van der Waals surface area contributed by atoms with Crippen molar-refractivity contribution in [2.75, 3.05) is 23.7 Å². The lowest BCUT2D eigenvalue weighted by Gasteiger charge is -2.14. The first-order valence-corrected chi connectivity index (χ1v) is 16.7. The quantitative estimate of drug-likeness (QED) is 0.172. The predicted octanol–water partition coefficient (Wildman–Crippen LogP) is 5.97. The van der Waals surface area contributed by atoms with Crippen LogP contribution in [0.15, 0.2) is 58.3 Å². The number of rotatable bonds is 10. The minimum absolute atomic E-state index is 0.152. The summed E-state index contributed by atoms with van der Waals surface area (Å²) in [4.78, 5) is 54.3. The van der Waals surface area contributed by atoms with E-state index in [9.17, 15) is 19.2 Å². The van der Waals surface area contributed by atoms with Gasteiger partial charge in [-0.3, -0.25) is 29.0 Å². The Labute approximate surface area is 278 Å². The summed E-state index contributed by atoms with van der Waals surface area (Å²) in [6.07, 6.45) is 1.27. The molecule has 4 amide bonds. The molecule has 0 unspecified atom stereocenters. The first-order valence-electron chi connectivity index (χ1n) is 12.0. The zero-order chi connectivity index (χ0) is 28.8. The normalized spacial score (nSPS) is 17.1. The van der Waals surface area contributed by atoms with E-state index in [1.165, 1.54) is 9.80 Å². The van der Waals surface area contributed by atoms with Gasteiger partial charge >= 0.3 is 0 Å². The monoisotopic (exact) mass is 836 g/mol. The van der Waals surface area contributed by atoms with E-state index in [0.717, 1.165) is 42.0 Å². The highest BCUT2D eigenvalue weighted by molar-refractivity contribution is 14.1. The second-order valence-corrected chi connectivity index (χ2v) is 14.4. The topological polar surface area (TPSA) is 98.8 Å². The molecule has 2 saturated heterocycles. The van der Waals surface area contributed by atoms with Crippen LogP contribution in [-0.2, 0) is 19.2 Å². The van der Waals surface area contributed by atoms with Gasteiger partial charge in [0.1, 0.15) is 8.64 Å². The Morgan fingerprint density at radius 3 is 1.50 bits per heavy atom. The minimum Gasteiger partial charge on any atom is -0.326 e. The Bertz CT molecular complexity index is 1330. The number of halogens is 2. The maximum absolute atomic E-state index is 13.1. The predicted molar refractivity (Wildman–Crippen MR) is 185 cm³/mol. The molecule has 0 bridgehead atoms. The standard InChI is InChI=1S/C26H22I2N4O4S4/c27-15-5-1-7-17(13-15)29-19(33)9-3-11-31-23(35)21(39-25(31)37)22-24(36)32(26(38)40-22)12-4-10-20(34)30-18-8-2-6-16(28)14-18/h1-2,5-8,13-14H,3-4,9-12H2,(H,29,33)(H,30,34). The van der Waals surface area contributed by atoms with Gasteiger partial charge in [0.05, 0.1) is 9.81 Å². The van der Waals surface area contributed by atoms with Gasteiger partial charge in [0.25, 0.3) is 11.8 Å². The highest BCUT2D eigenvalue weighted by Crippen LogP contribution is 2.42. The third-order valence-corrected chi connectivity index (χ3v) is 10.1. The summed E-state index contributed by atoms with van der Waals surface area (Å²) >= 11 is 17.3. The third-order valence-electron chi connectivity index (χ3n) is 5.69. The van der Waals surface area contributed by atoms with E-state index < -0.39 is 0 Å². The number of benzene rings is 2. The number of amides is 4. The molecule has 0 saturated carbocycles. The van der Waals surface area contributed by atoms with Crippen LogP contribution >= 0.6 is 93.1 Å². The maximum atomic E-state index is 13.1. The summed E-state index contributed by atoms with van der Waals surface area (Å²) in [6.45, 7) is 0.535. The molecule has 0 spiro atoms. The molecule has 2 fully saturated rings. The molecule has 2 aliphatic rings. The van der Waals surface area contributed by atoms with Crippen molar-refractivity contribution in [3.8, 4) is 0 Å². The molecule has 40 heavy (non-hydrogen) atoms. The molecular formula is C26H22I2N4O4S4. The molecule has 8 nitrogen and oxygen atoms in total. The van der Waals surface area contributed by atoms with Crippen LogP contribution in [0.1, 0.15) is 25.7 Å². The number of anilines is 2. The van der Waals surface area contributed by atoms with Gasteiger partial charge in [0.15, 0.2) is 0 Å².